The number of pyridine rings is 1. The molecule has 174 valence electrons. The van der Waals surface area contributed by atoms with Crippen molar-refractivity contribution >= 4 is 0 Å². The van der Waals surface area contributed by atoms with Crippen molar-refractivity contribution in [3.05, 3.63) is 92.7 Å². The molecule has 1 aromatic heterocycles. The maximum atomic E-state index is 13.8. The number of phenols is 2. The first-order valence-electron chi connectivity index (χ1n) is 10.9. The van der Waals surface area contributed by atoms with E-state index in [2.05, 4.69) is 6.07 Å². The molecule has 0 aliphatic carbocycles. The number of benzene rings is 2. The minimum atomic E-state index is -0.742. The Labute approximate surface area is 196 Å². The Hall–Kier alpha value is -4.38. The third-order valence-corrected chi connectivity index (χ3v) is 5.88. The molecule has 0 fully saturated rings. The van der Waals surface area contributed by atoms with Gasteiger partial charge in [0.1, 0.15) is 23.1 Å². The number of aromatic nitrogens is 1. The molecule has 0 spiro atoms. The monoisotopic (exact) mass is 459 g/mol. The summed E-state index contributed by atoms with van der Waals surface area (Å²) in [4.78, 5) is 13.8. The van der Waals surface area contributed by atoms with Crippen LogP contribution in [0.25, 0.3) is 0 Å². The van der Waals surface area contributed by atoms with E-state index in [1.165, 1.54) is 12.1 Å². The summed E-state index contributed by atoms with van der Waals surface area (Å²) in [6, 6.07) is 15.7. The molecule has 0 bridgehead atoms. The Bertz CT molecular complexity index is 1380. The molecule has 2 heterocycles. The number of ether oxygens (including phenoxy) is 2. The van der Waals surface area contributed by atoms with Crippen LogP contribution in [-0.4, -0.2) is 21.4 Å². The lowest BCUT2D eigenvalue weighted by Gasteiger charge is -2.28. The number of aromatic hydroxyl groups is 2. The molecule has 8 nitrogen and oxygen atoms in total. The van der Waals surface area contributed by atoms with Gasteiger partial charge in [-0.05, 0) is 44.0 Å². The minimum Gasteiger partial charge on any atom is -0.504 e. The van der Waals surface area contributed by atoms with Crippen LogP contribution in [0.15, 0.2) is 64.8 Å². The van der Waals surface area contributed by atoms with Gasteiger partial charge in [0.05, 0.1) is 18.1 Å². The number of nitrogens with zero attached hydrogens (tertiary/aromatic N) is 2. The third-order valence-electron chi connectivity index (χ3n) is 5.88. The first-order chi connectivity index (χ1) is 16.3. The third kappa shape index (κ3) is 4.04. The van der Waals surface area contributed by atoms with Crippen LogP contribution in [0, 0.1) is 18.3 Å². The molecule has 0 saturated carbocycles. The van der Waals surface area contributed by atoms with E-state index in [4.69, 9.17) is 15.2 Å². The number of hydrogen-bond acceptors (Lipinski definition) is 7. The summed E-state index contributed by atoms with van der Waals surface area (Å²) in [6.07, 6.45) is 0.442. The number of nitrogens with two attached hydrogens (primary N) is 1. The Morgan fingerprint density at radius 3 is 2.65 bits per heavy atom. The van der Waals surface area contributed by atoms with Crippen molar-refractivity contribution in [2.75, 3.05) is 6.61 Å². The first-order valence-corrected chi connectivity index (χ1v) is 10.9. The van der Waals surface area contributed by atoms with E-state index in [1.54, 1.807) is 29.7 Å². The largest absolute Gasteiger partial charge is 0.504 e. The van der Waals surface area contributed by atoms with Crippen LogP contribution in [0.1, 0.15) is 35.2 Å². The number of rotatable bonds is 6. The van der Waals surface area contributed by atoms with Gasteiger partial charge < -0.3 is 30.0 Å². The van der Waals surface area contributed by atoms with Gasteiger partial charge in [0, 0.05) is 23.9 Å². The summed E-state index contributed by atoms with van der Waals surface area (Å²) in [6.45, 7) is 4.40. The van der Waals surface area contributed by atoms with Gasteiger partial charge in [0.25, 0.3) is 5.56 Å². The Kier molecular flexibility index (Phi) is 6.19. The van der Waals surface area contributed by atoms with Gasteiger partial charge >= 0.3 is 0 Å². The van der Waals surface area contributed by atoms with E-state index in [1.807, 2.05) is 25.1 Å². The molecule has 4 rings (SSSR count). The highest BCUT2D eigenvalue weighted by atomic mass is 16.5. The molecule has 4 N–H and O–H groups in total. The normalized spacial score (nSPS) is 14.8. The van der Waals surface area contributed by atoms with Crippen LogP contribution in [0.2, 0.25) is 0 Å². The molecular weight excluding hydrogens is 434 g/mol. The molecule has 3 aromatic rings. The molecule has 2 aromatic carbocycles. The molecule has 0 radical (unpaired) electrons. The number of hydrogen-bond donors (Lipinski definition) is 3. The Balaban J connectivity index is 1.83. The molecule has 1 aliphatic heterocycles. The van der Waals surface area contributed by atoms with Crippen molar-refractivity contribution < 1.29 is 19.7 Å². The predicted molar refractivity (Wildman–Crippen MR) is 126 cm³/mol. The maximum Gasteiger partial charge on any atom is 0.258 e. The zero-order chi connectivity index (χ0) is 24.4. The lowest BCUT2D eigenvalue weighted by molar-refractivity contribution is 0.334. The standard InChI is InChI=1S/C26H25N3O5/c1-3-33-21-7-5-4-6-17(21)23-18(14-27)25(28)34-22-12-15(2)29(26(32)24(22)23)11-10-16-8-9-19(30)20(31)13-16/h4-9,12-13,23,30-31H,3,10-11,28H2,1-2H3/t23-/m1/s1. The van der Waals surface area contributed by atoms with Gasteiger partial charge in [-0.3, -0.25) is 4.79 Å². The minimum absolute atomic E-state index is 0.0394. The second-order valence-electron chi connectivity index (χ2n) is 7.99. The topological polar surface area (TPSA) is 131 Å². The molecular formula is C26H25N3O5. The highest BCUT2D eigenvalue weighted by molar-refractivity contribution is 5.58. The zero-order valence-electron chi connectivity index (χ0n) is 18.9. The fourth-order valence-corrected chi connectivity index (χ4v) is 4.25. The average Bonchev–Trinajstić information content (AvgIpc) is 2.81. The van der Waals surface area contributed by atoms with Gasteiger partial charge in [0.15, 0.2) is 11.5 Å². The van der Waals surface area contributed by atoms with Gasteiger partial charge in [-0.15, -0.1) is 0 Å². The van der Waals surface area contributed by atoms with Crippen LogP contribution < -0.4 is 20.8 Å². The second kappa shape index (κ2) is 9.24. The molecule has 0 amide bonds. The van der Waals surface area contributed by atoms with Crippen molar-refractivity contribution in [1.82, 2.24) is 4.57 Å². The maximum absolute atomic E-state index is 13.8. The van der Waals surface area contributed by atoms with Crippen LogP contribution >= 0.6 is 0 Å². The highest BCUT2D eigenvalue weighted by Crippen LogP contribution is 2.43. The summed E-state index contributed by atoms with van der Waals surface area (Å²) < 4.78 is 13.1. The number of fused-ring (bicyclic) bond motifs is 1. The smallest absolute Gasteiger partial charge is 0.258 e. The Morgan fingerprint density at radius 1 is 1.18 bits per heavy atom. The van der Waals surface area contributed by atoms with E-state index in [9.17, 15) is 20.3 Å². The fraction of sp³-hybridized carbons (Fsp3) is 0.231. The molecule has 0 saturated heterocycles. The van der Waals surface area contributed by atoms with Crippen LogP contribution in [0.3, 0.4) is 0 Å². The number of para-hydroxylation sites is 1. The van der Waals surface area contributed by atoms with E-state index >= 15 is 0 Å². The lowest BCUT2D eigenvalue weighted by atomic mass is 9.83. The van der Waals surface area contributed by atoms with E-state index < -0.39 is 5.92 Å². The van der Waals surface area contributed by atoms with Crippen molar-refractivity contribution in [2.24, 2.45) is 5.73 Å². The lowest BCUT2D eigenvalue weighted by Crippen LogP contribution is -2.33. The quantitative estimate of drug-likeness (QED) is 0.481. The van der Waals surface area contributed by atoms with Crippen LogP contribution in [0.4, 0.5) is 0 Å². The summed E-state index contributed by atoms with van der Waals surface area (Å²) in [7, 11) is 0. The predicted octanol–water partition coefficient (Wildman–Crippen LogP) is 3.43. The van der Waals surface area contributed by atoms with Crippen molar-refractivity contribution in [1.29, 1.82) is 5.26 Å². The van der Waals surface area contributed by atoms with Crippen molar-refractivity contribution in [2.45, 2.75) is 32.7 Å². The Morgan fingerprint density at radius 2 is 1.94 bits per heavy atom. The van der Waals surface area contributed by atoms with Crippen molar-refractivity contribution in [3.8, 4) is 29.1 Å². The summed E-state index contributed by atoms with van der Waals surface area (Å²) >= 11 is 0. The van der Waals surface area contributed by atoms with Crippen molar-refractivity contribution in [3.63, 3.8) is 0 Å². The van der Waals surface area contributed by atoms with E-state index in [-0.39, 0.29) is 28.5 Å². The molecule has 8 heteroatoms. The van der Waals surface area contributed by atoms with Gasteiger partial charge in [-0.25, -0.2) is 0 Å². The molecule has 0 unspecified atom stereocenters. The number of allylic oxidation sites excluding steroid dienone is 1. The number of aryl methyl sites for hydroxylation is 2. The van der Waals surface area contributed by atoms with E-state index in [0.717, 1.165) is 5.56 Å². The average molecular weight is 460 g/mol. The van der Waals surface area contributed by atoms with E-state index in [0.29, 0.717) is 47.9 Å². The summed E-state index contributed by atoms with van der Waals surface area (Å²) in [5.41, 5.74) is 8.35. The van der Waals surface area contributed by atoms with Gasteiger partial charge in [-0.1, -0.05) is 24.3 Å². The molecule has 1 atom stereocenters. The van der Waals surface area contributed by atoms with Crippen LogP contribution in [-0.2, 0) is 13.0 Å². The highest BCUT2D eigenvalue weighted by Gasteiger charge is 2.35. The van der Waals surface area contributed by atoms with Gasteiger partial charge in [-0.2, -0.15) is 5.26 Å². The fourth-order valence-electron chi connectivity index (χ4n) is 4.25. The number of phenolic OH excluding ortho intramolecular Hbond substituents is 2. The summed E-state index contributed by atoms with van der Waals surface area (Å²) in [5, 5.41) is 29.2. The number of nitriles is 1. The molecule has 1 aliphatic rings. The van der Waals surface area contributed by atoms with Crippen LogP contribution in [0.5, 0.6) is 23.0 Å². The summed E-state index contributed by atoms with van der Waals surface area (Å²) in [5.74, 6) is -0.321. The first kappa shape index (κ1) is 22.8. The second-order valence-corrected chi connectivity index (χ2v) is 7.99. The molecule has 34 heavy (non-hydrogen) atoms. The SMILES string of the molecule is CCOc1ccccc1[C@@H]1C(C#N)=C(N)Oc2cc(C)n(CCc3ccc(O)c(O)c3)c(=O)c21. The zero-order valence-corrected chi connectivity index (χ0v) is 18.9. The van der Waals surface area contributed by atoms with Gasteiger partial charge in [0.2, 0.25) is 5.88 Å².